The standard InChI is InChI=1S/C30H32F2N4O5/c1-19(2)26(27(39)30(31,32)29(41)33-17-16-21-10-6-4-7-11-21)35-25(38)18-36-24(22-12-8-5-9-13-22)15-14-23(28(36)40)34-20(3)37/h4-15,19,26H,16-18H2,1-3H3,(H,33,41)(H,34,37)(H,35,38). The molecule has 0 aliphatic rings. The van der Waals surface area contributed by atoms with E-state index in [-0.39, 0.29) is 18.7 Å². The van der Waals surface area contributed by atoms with E-state index >= 15 is 0 Å². The van der Waals surface area contributed by atoms with Crippen LogP contribution in [0.25, 0.3) is 11.3 Å². The number of nitrogens with one attached hydrogen (secondary N) is 3. The highest BCUT2D eigenvalue weighted by atomic mass is 19.3. The van der Waals surface area contributed by atoms with Crippen LogP contribution in [-0.4, -0.2) is 46.6 Å². The van der Waals surface area contributed by atoms with Crippen LogP contribution in [0.2, 0.25) is 0 Å². The van der Waals surface area contributed by atoms with Crippen molar-refractivity contribution in [3.63, 3.8) is 0 Å². The molecule has 9 nitrogen and oxygen atoms in total. The number of nitrogens with zero attached hydrogens (tertiary/aromatic N) is 1. The van der Waals surface area contributed by atoms with Crippen LogP contribution >= 0.6 is 0 Å². The van der Waals surface area contributed by atoms with Crippen molar-refractivity contribution in [1.82, 2.24) is 15.2 Å². The van der Waals surface area contributed by atoms with Crippen LogP contribution in [0.15, 0.2) is 77.6 Å². The lowest BCUT2D eigenvalue weighted by Gasteiger charge is -2.25. The van der Waals surface area contributed by atoms with Gasteiger partial charge >= 0.3 is 5.92 Å². The lowest BCUT2D eigenvalue weighted by molar-refractivity contribution is -0.161. The van der Waals surface area contributed by atoms with Gasteiger partial charge in [-0.25, -0.2) is 0 Å². The number of carbonyl (C=O) groups excluding carboxylic acids is 4. The molecule has 1 unspecified atom stereocenters. The second kappa shape index (κ2) is 13.6. The van der Waals surface area contributed by atoms with Crippen LogP contribution < -0.4 is 21.5 Å². The third-order valence-electron chi connectivity index (χ3n) is 6.26. The molecule has 1 heterocycles. The van der Waals surface area contributed by atoms with Gasteiger partial charge in [0, 0.05) is 13.5 Å². The molecular formula is C30H32F2N4O5. The molecule has 3 N–H and O–H groups in total. The normalized spacial score (nSPS) is 12.0. The van der Waals surface area contributed by atoms with Crippen molar-refractivity contribution in [2.45, 2.75) is 45.7 Å². The molecule has 3 rings (SSSR count). The van der Waals surface area contributed by atoms with Gasteiger partial charge in [0.05, 0.1) is 11.7 Å². The van der Waals surface area contributed by atoms with E-state index < -0.39 is 53.5 Å². The minimum Gasteiger partial charge on any atom is -0.350 e. The van der Waals surface area contributed by atoms with E-state index in [1.807, 2.05) is 0 Å². The quantitative estimate of drug-likeness (QED) is 0.291. The minimum atomic E-state index is -4.41. The molecule has 0 fully saturated rings. The fourth-order valence-corrected chi connectivity index (χ4v) is 4.16. The smallest absolute Gasteiger partial charge is 0.350 e. The van der Waals surface area contributed by atoms with E-state index in [1.54, 1.807) is 60.7 Å². The van der Waals surface area contributed by atoms with Gasteiger partial charge in [-0.3, -0.25) is 28.5 Å². The molecule has 0 spiro atoms. The predicted octanol–water partition coefficient (Wildman–Crippen LogP) is 3.18. The van der Waals surface area contributed by atoms with Crippen LogP contribution in [0.1, 0.15) is 26.3 Å². The maximum atomic E-state index is 14.9. The number of Topliss-reactive ketones (excluding diaryl/α,β-unsaturated/α-hetero) is 1. The lowest BCUT2D eigenvalue weighted by atomic mass is 9.95. The molecule has 0 saturated carbocycles. The molecule has 0 aliphatic carbocycles. The van der Waals surface area contributed by atoms with E-state index in [1.165, 1.54) is 32.9 Å². The summed E-state index contributed by atoms with van der Waals surface area (Å²) in [6, 6.07) is 18.8. The van der Waals surface area contributed by atoms with E-state index in [0.29, 0.717) is 11.3 Å². The van der Waals surface area contributed by atoms with Gasteiger partial charge in [0.15, 0.2) is 0 Å². The molecule has 3 aromatic rings. The number of amides is 3. The van der Waals surface area contributed by atoms with Crippen LogP contribution in [0.3, 0.4) is 0 Å². The highest BCUT2D eigenvalue weighted by Crippen LogP contribution is 2.22. The summed E-state index contributed by atoms with van der Waals surface area (Å²) in [5.74, 6) is -10.1. The Morgan fingerprint density at radius 3 is 2.10 bits per heavy atom. The number of rotatable bonds is 12. The number of hydrogen-bond acceptors (Lipinski definition) is 5. The number of halogens is 2. The summed E-state index contributed by atoms with van der Waals surface area (Å²) in [4.78, 5) is 63.0. The van der Waals surface area contributed by atoms with Gasteiger partial charge in [0.2, 0.25) is 17.6 Å². The number of benzene rings is 2. The average molecular weight is 567 g/mol. The Kier molecular flexibility index (Phi) is 10.2. The van der Waals surface area contributed by atoms with Gasteiger partial charge in [0.25, 0.3) is 11.5 Å². The zero-order chi connectivity index (χ0) is 30.2. The van der Waals surface area contributed by atoms with Gasteiger partial charge < -0.3 is 16.0 Å². The minimum absolute atomic E-state index is 0.0832. The second-order valence-electron chi connectivity index (χ2n) is 9.79. The number of alkyl halides is 2. The maximum Gasteiger partial charge on any atom is 0.383 e. The number of carbonyl (C=O) groups is 4. The Balaban J connectivity index is 1.79. The van der Waals surface area contributed by atoms with Crippen molar-refractivity contribution in [2.75, 3.05) is 11.9 Å². The van der Waals surface area contributed by atoms with Crippen molar-refractivity contribution < 1.29 is 28.0 Å². The highest BCUT2D eigenvalue weighted by Gasteiger charge is 2.51. The van der Waals surface area contributed by atoms with Crippen molar-refractivity contribution in [3.05, 3.63) is 88.7 Å². The first-order valence-corrected chi connectivity index (χ1v) is 13.0. The van der Waals surface area contributed by atoms with E-state index in [0.717, 1.165) is 10.1 Å². The monoisotopic (exact) mass is 566 g/mol. The molecule has 41 heavy (non-hydrogen) atoms. The Morgan fingerprint density at radius 2 is 1.51 bits per heavy atom. The fraction of sp³-hybridized carbons (Fsp3) is 0.300. The molecule has 0 bridgehead atoms. The molecule has 1 atom stereocenters. The third-order valence-corrected chi connectivity index (χ3v) is 6.26. The second-order valence-corrected chi connectivity index (χ2v) is 9.79. The largest absolute Gasteiger partial charge is 0.383 e. The van der Waals surface area contributed by atoms with E-state index in [2.05, 4.69) is 16.0 Å². The molecule has 3 amide bonds. The summed E-state index contributed by atoms with van der Waals surface area (Å²) in [6.45, 7) is 3.37. The van der Waals surface area contributed by atoms with Crippen molar-refractivity contribution in [2.24, 2.45) is 5.92 Å². The summed E-state index contributed by atoms with van der Waals surface area (Å²) in [5, 5.41) is 6.77. The molecule has 1 aromatic heterocycles. The number of hydrogen-bond donors (Lipinski definition) is 3. The number of ketones is 1. The maximum absolute atomic E-state index is 14.9. The predicted molar refractivity (Wildman–Crippen MR) is 150 cm³/mol. The van der Waals surface area contributed by atoms with E-state index in [9.17, 15) is 32.8 Å². The Bertz CT molecular complexity index is 1460. The molecule has 11 heteroatoms. The fourth-order valence-electron chi connectivity index (χ4n) is 4.16. The lowest BCUT2D eigenvalue weighted by Crippen LogP contribution is -2.57. The van der Waals surface area contributed by atoms with Gasteiger partial charge in [-0.15, -0.1) is 0 Å². The first-order valence-electron chi connectivity index (χ1n) is 13.0. The van der Waals surface area contributed by atoms with Gasteiger partial charge in [-0.05, 0) is 35.6 Å². The van der Waals surface area contributed by atoms with Crippen LogP contribution in [0, 0.1) is 5.92 Å². The summed E-state index contributed by atoms with van der Waals surface area (Å²) in [6.07, 6.45) is 0.289. The molecule has 0 aliphatic heterocycles. The van der Waals surface area contributed by atoms with Crippen LogP contribution in [0.4, 0.5) is 14.5 Å². The molecule has 216 valence electrons. The summed E-state index contributed by atoms with van der Waals surface area (Å²) < 4.78 is 31.0. The van der Waals surface area contributed by atoms with Crippen molar-refractivity contribution >= 4 is 29.2 Å². The molecule has 2 aromatic carbocycles. The number of pyridine rings is 1. The van der Waals surface area contributed by atoms with Gasteiger partial charge in [-0.2, -0.15) is 8.78 Å². The summed E-state index contributed by atoms with van der Waals surface area (Å²) in [7, 11) is 0. The first-order chi connectivity index (χ1) is 19.4. The zero-order valence-electron chi connectivity index (χ0n) is 22.9. The zero-order valence-corrected chi connectivity index (χ0v) is 22.9. The van der Waals surface area contributed by atoms with Crippen molar-refractivity contribution in [3.8, 4) is 11.3 Å². The van der Waals surface area contributed by atoms with Gasteiger partial charge in [0.1, 0.15) is 12.2 Å². The number of anilines is 1. The van der Waals surface area contributed by atoms with Crippen LogP contribution in [0.5, 0.6) is 0 Å². The summed E-state index contributed by atoms with van der Waals surface area (Å²) in [5.41, 5.74) is 0.951. The van der Waals surface area contributed by atoms with Gasteiger partial charge in [-0.1, -0.05) is 74.5 Å². The SMILES string of the molecule is CC(=O)Nc1ccc(-c2ccccc2)n(CC(=O)NC(C(=O)C(F)(F)C(=O)NCCc2ccccc2)C(C)C)c1=O. The Hall–Kier alpha value is -4.67. The molecule has 0 saturated heterocycles. The van der Waals surface area contributed by atoms with Crippen molar-refractivity contribution in [1.29, 1.82) is 0 Å². The topological polar surface area (TPSA) is 126 Å². The molecular weight excluding hydrogens is 534 g/mol. The van der Waals surface area contributed by atoms with Crippen LogP contribution in [-0.2, 0) is 32.1 Å². The highest BCUT2D eigenvalue weighted by molar-refractivity contribution is 6.10. The first kappa shape index (κ1) is 30.9. The third kappa shape index (κ3) is 7.93. The summed E-state index contributed by atoms with van der Waals surface area (Å²) >= 11 is 0. The Morgan fingerprint density at radius 1 is 0.902 bits per heavy atom. The van der Waals surface area contributed by atoms with E-state index in [4.69, 9.17) is 0 Å². The average Bonchev–Trinajstić information content (AvgIpc) is 2.94. The Labute approximate surface area is 236 Å². The number of aromatic nitrogens is 1. The molecule has 0 radical (unpaired) electrons.